The van der Waals surface area contributed by atoms with Crippen LogP contribution in [0.2, 0.25) is 0 Å². The van der Waals surface area contributed by atoms with Crippen molar-refractivity contribution >= 4 is 22.3 Å². The smallest absolute Gasteiger partial charge is 0.0755 e. The molecule has 0 bridgehead atoms. The second-order valence-corrected chi connectivity index (χ2v) is 5.34. The molecular formula is C17H23N3O. The van der Waals surface area contributed by atoms with Crippen molar-refractivity contribution in [3.05, 3.63) is 29.5 Å². The van der Waals surface area contributed by atoms with Crippen molar-refractivity contribution < 1.29 is 4.74 Å². The Balaban J connectivity index is 2.19. The highest BCUT2D eigenvalue weighted by molar-refractivity contribution is 5.95. The van der Waals surface area contributed by atoms with E-state index < -0.39 is 0 Å². The molecule has 1 N–H and O–H groups in total. The lowest BCUT2D eigenvalue weighted by molar-refractivity contribution is 0.110. The summed E-state index contributed by atoms with van der Waals surface area (Å²) in [6.07, 6.45) is 0.901. The standard InChI is InChI=1S/C17H23N3O/c1-4-20(5-2)12-6-7-15-13(10-12)17(18-3)14-11-21-9-8-16(14)19-15/h6-7,10H,4-5,8-9,11H2,1-3H3,(H,18,19). The van der Waals surface area contributed by atoms with Gasteiger partial charge in [-0.05, 0) is 32.0 Å². The van der Waals surface area contributed by atoms with Crippen LogP contribution in [0, 0.1) is 0 Å². The maximum atomic E-state index is 5.62. The summed E-state index contributed by atoms with van der Waals surface area (Å²) >= 11 is 0. The topological polar surface area (TPSA) is 37.4 Å². The predicted octanol–water partition coefficient (Wildman–Crippen LogP) is 3.20. The molecule has 1 aliphatic heterocycles. The number of nitrogens with zero attached hydrogens (tertiary/aromatic N) is 2. The molecular weight excluding hydrogens is 262 g/mol. The van der Waals surface area contributed by atoms with Crippen LogP contribution < -0.4 is 10.2 Å². The van der Waals surface area contributed by atoms with Crippen LogP contribution in [0.15, 0.2) is 18.2 Å². The van der Waals surface area contributed by atoms with Crippen LogP contribution >= 0.6 is 0 Å². The Bertz CT molecular complexity index is 650. The van der Waals surface area contributed by atoms with Crippen molar-refractivity contribution in [3.8, 4) is 0 Å². The van der Waals surface area contributed by atoms with E-state index >= 15 is 0 Å². The molecule has 21 heavy (non-hydrogen) atoms. The van der Waals surface area contributed by atoms with Crippen LogP contribution in [0.5, 0.6) is 0 Å². The van der Waals surface area contributed by atoms with E-state index in [2.05, 4.69) is 42.3 Å². The Hall–Kier alpha value is -1.81. The first-order valence-electron chi connectivity index (χ1n) is 7.74. The summed E-state index contributed by atoms with van der Waals surface area (Å²) in [5, 5.41) is 4.55. The SMILES string of the molecule is CCN(CC)c1ccc2nc3c(c(NC)c2c1)COCC3. The van der Waals surface area contributed by atoms with Gasteiger partial charge < -0.3 is 15.0 Å². The number of anilines is 2. The molecule has 2 heterocycles. The van der Waals surface area contributed by atoms with Crippen molar-refractivity contribution in [2.75, 3.05) is 37.0 Å². The van der Waals surface area contributed by atoms with E-state index in [4.69, 9.17) is 9.72 Å². The summed E-state index contributed by atoms with van der Waals surface area (Å²) < 4.78 is 5.62. The van der Waals surface area contributed by atoms with Crippen molar-refractivity contribution in [2.24, 2.45) is 0 Å². The molecule has 0 atom stereocenters. The van der Waals surface area contributed by atoms with Gasteiger partial charge in [0.15, 0.2) is 0 Å². The molecule has 4 heteroatoms. The number of ether oxygens (including phenoxy) is 1. The van der Waals surface area contributed by atoms with Gasteiger partial charge in [0, 0.05) is 43.2 Å². The summed E-state index contributed by atoms with van der Waals surface area (Å²) in [6, 6.07) is 6.56. The predicted molar refractivity (Wildman–Crippen MR) is 88.2 cm³/mol. The quantitative estimate of drug-likeness (QED) is 0.936. The van der Waals surface area contributed by atoms with E-state index in [1.165, 1.54) is 28.0 Å². The lowest BCUT2D eigenvalue weighted by Crippen LogP contribution is -2.21. The molecule has 0 saturated heterocycles. The highest BCUT2D eigenvalue weighted by atomic mass is 16.5. The van der Waals surface area contributed by atoms with Crippen LogP contribution in [0.3, 0.4) is 0 Å². The minimum absolute atomic E-state index is 0.657. The summed E-state index contributed by atoms with van der Waals surface area (Å²) in [5.41, 5.74) is 5.88. The fourth-order valence-corrected chi connectivity index (χ4v) is 3.12. The highest BCUT2D eigenvalue weighted by Crippen LogP contribution is 2.33. The van der Waals surface area contributed by atoms with E-state index in [-0.39, 0.29) is 0 Å². The average Bonchev–Trinajstić information content (AvgIpc) is 2.53. The molecule has 3 rings (SSSR count). The Labute approximate surface area is 126 Å². The van der Waals surface area contributed by atoms with Gasteiger partial charge in [0.1, 0.15) is 0 Å². The number of fused-ring (bicyclic) bond motifs is 2. The molecule has 0 radical (unpaired) electrons. The molecule has 112 valence electrons. The van der Waals surface area contributed by atoms with Gasteiger partial charge in [0.25, 0.3) is 0 Å². The van der Waals surface area contributed by atoms with Gasteiger partial charge >= 0.3 is 0 Å². The largest absolute Gasteiger partial charge is 0.387 e. The zero-order valence-corrected chi connectivity index (χ0v) is 13.1. The van der Waals surface area contributed by atoms with E-state index in [0.29, 0.717) is 6.61 Å². The number of benzene rings is 1. The zero-order valence-electron chi connectivity index (χ0n) is 13.1. The van der Waals surface area contributed by atoms with E-state index in [1.54, 1.807) is 0 Å². The van der Waals surface area contributed by atoms with Gasteiger partial charge in [-0.15, -0.1) is 0 Å². The van der Waals surface area contributed by atoms with Crippen LogP contribution in [-0.2, 0) is 17.8 Å². The van der Waals surface area contributed by atoms with Crippen LogP contribution in [-0.4, -0.2) is 31.7 Å². The molecule has 0 saturated carbocycles. The monoisotopic (exact) mass is 285 g/mol. The lowest BCUT2D eigenvalue weighted by Gasteiger charge is -2.24. The second-order valence-electron chi connectivity index (χ2n) is 5.34. The molecule has 1 aromatic heterocycles. The third-order valence-corrected chi connectivity index (χ3v) is 4.26. The number of aromatic nitrogens is 1. The molecule has 0 amide bonds. The Morgan fingerprint density at radius 1 is 1.29 bits per heavy atom. The van der Waals surface area contributed by atoms with Crippen molar-refractivity contribution in [1.82, 2.24) is 4.98 Å². The maximum absolute atomic E-state index is 5.62. The Kier molecular flexibility index (Phi) is 3.97. The lowest BCUT2D eigenvalue weighted by atomic mass is 10.0. The minimum Gasteiger partial charge on any atom is -0.387 e. The van der Waals surface area contributed by atoms with Crippen molar-refractivity contribution in [1.29, 1.82) is 0 Å². The number of hydrogen-bond donors (Lipinski definition) is 1. The summed E-state index contributed by atoms with van der Waals surface area (Å²) in [4.78, 5) is 7.19. The third kappa shape index (κ3) is 2.44. The number of pyridine rings is 1. The highest BCUT2D eigenvalue weighted by Gasteiger charge is 2.18. The molecule has 0 spiro atoms. The Morgan fingerprint density at radius 2 is 2.10 bits per heavy atom. The van der Waals surface area contributed by atoms with Crippen LogP contribution in [0.4, 0.5) is 11.4 Å². The van der Waals surface area contributed by atoms with Gasteiger partial charge in [0.05, 0.1) is 30.1 Å². The molecule has 0 unspecified atom stereocenters. The van der Waals surface area contributed by atoms with Gasteiger partial charge in [-0.3, -0.25) is 4.98 Å². The van der Waals surface area contributed by atoms with E-state index in [0.717, 1.165) is 31.6 Å². The maximum Gasteiger partial charge on any atom is 0.0755 e. The first-order valence-corrected chi connectivity index (χ1v) is 7.74. The number of rotatable bonds is 4. The minimum atomic E-state index is 0.657. The molecule has 0 aliphatic carbocycles. The van der Waals surface area contributed by atoms with Gasteiger partial charge in [0.2, 0.25) is 0 Å². The molecule has 1 aromatic carbocycles. The summed E-state index contributed by atoms with van der Waals surface area (Å²) in [5.74, 6) is 0. The number of hydrogen-bond acceptors (Lipinski definition) is 4. The summed E-state index contributed by atoms with van der Waals surface area (Å²) in [6.45, 7) is 7.82. The Morgan fingerprint density at radius 3 is 2.81 bits per heavy atom. The van der Waals surface area contributed by atoms with E-state index in [9.17, 15) is 0 Å². The third-order valence-electron chi connectivity index (χ3n) is 4.26. The second kappa shape index (κ2) is 5.90. The molecule has 2 aromatic rings. The van der Waals surface area contributed by atoms with Crippen molar-refractivity contribution in [3.63, 3.8) is 0 Å². The fourth-order valence-electron chi connectivity index (χ4n) is 3.12. The van der Waals surface area contributed by atoms with Gasteiger partial charge in [-0.1, -0.05) is 0 Å². The zero-order chi connectivity index (χ0) is 14.8. The average molecular weight is 285 g/mol. The number of nitrogens with one attached hydrogen (secondary N) is 1. The molecule has 4 nitrogen and oxygen atoms in total. The normalized spacial score (nSPS) is 14.0. The van der Waals surface area contributed by atoms with Gasteiger partial charge in [-0.25, -0.2) is 0 Å². The van der Waals surface area contributed by atoms with E-state index in [1.807, 2.05) is 7.05 Å². The van der Waals surface area contributed by atoms with Crippen LogP contribution in [0.1, 0.15) is 25.1 Å². The molecule has 0 fully saturated rings. The van der Waals surface area contributed by atoms with Gasteiger partial charge in [-0.2, -0.15) is 0 Å². The first kappa shape index (κ1) is 14.1. The fraction of sp³-hybridized carbons (Fsp3) is 0.471. The summed E-state index contributed by atoms with van der Waals surface area (Å²) in [7, 11) is 1.98. The van der Waals surface area contributed by atoms with Crippen molar-refractivity contribution in [2.45, 2.75) is 26.9 Å². The van der Waals surface area contributed by atoms with Crippen LogP contribution in [0.25, 0.3) is 10.9 Å². The first-order chi connectivity index (χ1) is 10.3. The molecule has 1 aliphatic rings.